The zero-order chi connectivity index (χ0) is 11.1. The third-order valence-electron chi connectivity index (χ3n) is 3.29. The molecule has 15 heavy (non-hydrogen) atoms. The minimum atomic E-state index is -0.221. The lowest BCUT2D eigenvalue weighted by Gasteiger charge is -2.22. The molecular formula is C13H26O2. The van der Waals surface area contributed by atoms with Gasteiger partial charge in [0, 0.05) is 6.61 Å². The third-order valence-corrected chi connectivity index (χ3v) is 3.29. The molecule has 0 aliphatic heterocycles. The summed E-state index contributed by atoms with van der Waals surface area (Å²) in [5, 5.41) is 9.87. The lowest BCUT2D eigenvalue weighted by Crippen LogP contribution is -2.29. The average Bonchev–Trinajstić information content (AvgIpc) is 2.41. The molecule has 2 nitrogen and oxygen atoms in total. The highest BCUT2D eigenvalue weighted by atomic mass is 16.5. The van der Waals surface area contributed by atoms with Crippen LogP contribution >= 0.6 is 0 Å². The van der Waals surface area contributed by atoms with E-state index in [2.05, 4.69) is 13.8 Å². The Kier molecular flexibility index (Phi) is 6.26. The molecule has 2 heteroatoms. The van der Waals surface area contributed by atoms with E-state index in [9.17, 15) is 5.11 Å². The Balaban J connectivity index is 2.22. The van der Waals surface area contributed by atoms with E-state index >= 15 is 0 Å². The SMILES string of the molecule is CCCC(C)COC1CCCCCC1O. The maximum absolute atomic E-state index is 9.87. The smallest absolute Gasteiger partial charge is 0.0834 e. The highest BCUT2D eigenvalue weighted by molar-refractivity contribution is 4.73. The van der Waals surface area contributed by atoms with Crippen molar-refractivity contribution >= 4 is 0 Å². The molecule has 1 aliphatic rings. The number of ether oxygens (including phenoxy) is 1. The van der Waals surface area contributed by atoms with Gasteiger partial charge < -0.3 is 9.84 Å². The van der Waals surface area contributed by atoms with Gasteiger partial charge in [0.2, 0.25) is 0 Å². The van der Waals surface area contributed by atoms with Crippen LogP contribution in [0.1, 0.15) is 58.8 Å². The summed E-state index contributed by atoms with van der Waals surface area (Å²) in [6.45, 7) is 5.25. The molecule has 0 aromatic heterocycles. The van der Waals surface area contributed by atoms with Crippen molar-refractivity contribution in [3.05, 3.63) is 0 Å². The topological polar surface area (TPSA) is 29.5 Å². The first-order valence-corrected chi connectivity index (χ1v) is 6.53. The van der Waals surface area contributed by atoms with Crippen LogP contribution in [-0.4, -0.2) is 23.9 Å². The first-order valence-electron chi connectivity index (χ1n) is 6.53. The fourth-order valence-electron chi connectivity index (χ4n) is 2.31. The van der Waals surface area contributed by atoms with Crippen LogP contribution in [0.5, 0.6) is 0 Å². The molecule has 0 amide bonds. The normalized spacial score (nSPS) is 29.8. The van der Waals surface area contributed by atoms with Crippen LogP contribution in [0.15, 0.2) is 0 Å². The van der Waals surface area contributed by atoms with Gasteiger partial charge in [0.1, 0.15) is 0 Å². The predicted molar refractivity (Wildman–Crippen MR) is 62.9 cm³/mol. The minimum Gasteiger partial charge on any atom is -0.390 e. The molecule has 1 fully saturated rings. The average molecular weight is 214 g/mol. The van der Waals surface area contributed by atoms with E-state index < -0.39 is 0 Å². The van der Waals surface area contributed by atoms with E-state index in [1.165, 1.54) is 25.7 Å². The Morgan fingerprint density at radius 1 is 1.27 bits per heavy atom. The van der Waals surface area contributed by atoms with Crippen molar-refractivity contribution in [3.63, 3.8) is 0 Å². The molecule has 0 saturated heterocycles. The van der Waals surface area contributed by atoms with Gasteiger partial charge in [-0.05, 0) is 25.2 Å². The molecular weight excluding hydrogens is 188 g/mol. The summed E-state index contributed by atoms with van der Waals surface area (Å²) in [4.78, 5) is 0. The van der Waals surface area contributed by atoms with Gasteiger partial charge in [-0.15, -0.1) is 0 Å². The molecule has 0 aromatic rings. The van der Waals surface area contributed by atoms with Crippen molar-refractivity contribution in [2.75, 3.05) is 6.61 Å². The van der Waals surface area contributed by atoms with Gasteiger partial charge in [-0.1, -0.05) is 39.5 Å². The van der Waals surface area contributed by atoms with Crippen LogP contribution in [0.3, 0.4) is 0 Å². The van der Waals surface area contributed by atoms with E-state index in [-0.39, 0.29) is 12.2 Å². The molecule has 0 bridgehead atoms. The van der Waals surface area contributed by atoms with Crippen molar-refractivity contribution in [2.24, 2.45) is 5.92 Å². The van der Waals surface area contributed by atoms with Crippen molar-refractivity contribution in [2.45, 2.75) is 71.0 Å². The third kappa shape index (κ3) is 4.98. The van der Waals surface area contributed by atoms with Gasteiger partial charge in [0.05, 0.1) is 12.2 Å². The summed E-state index contributed by atoms with van der Waals surface area (Å²) >= 11 is 0. The van der Waals surface area contributed by atoms with Gasteiger partial charge in [0.15, 0.2) is 0 Å². The van der Waals surface area contributed by atoms with Crippen LogP contribution in [0.25, 0.3) is 0 Å². The predicted octanol–water partition coefficient (Wildman–Crippen LogP) is 3.13. The maximum atomic E-state index is 9.87. The molecule has 90 valence electrons. The first-order chi connectivity index (χ1) is 7.24. The fourth-order valence-corrected chi connectivity index (χ4v) is 2.31. The number of hydrogen-bond donors (Lipinski definition) is 1. The van der Waals surface area contributed by atoms with E-state index in [1.54, 1.807) is 0 Å². The van der Waals surface area contributed by atoms with Crippen LogP contribution in [0, 0.1) is 5.92 Å². The van der Waals surface area contributed by atoms with Crippen LogP contribution in [-0.2, 0) is 4.74 Å². The molecule has 3 atom stereocenters. The zero-order valence-corrected chi connectivity index (χ0v) is 10.2. The van der Waals surface area contributed by atoms with E-state index in [0.29, 0.717) is 5.92 Å². The molecule has 0 spiro atoms. The molecule has 1 saturated carbocycles. The summed E-state index contributed by atoms with van der Waals surface area (Å²) in [5.41, 5.74) is 0. The van der Waals surface area contributed by atoms with E-state index in [4.69, 9.17) is 4.74 Å². The monoisotopic (exact) mass is 214 g/mol. The largest absolute Gasteiger partial charge is 0.390 e. The lowest BCUT2D eigenvalue weighted by molar-refractivity contribution is -0.0510. The van der Waals surface area contributed by atoms with Crippen molar-refractivity contribution in [1.29, 1.82) is 0 Å². The fraction of sp³-hybridized carbons (Fsp3) is 1.00. The summed E-state index contributed by atoms with van der Waals surface area (Å²) in [6, 6.07) is 0. The van der Waals surface area contributed by atoms with Gasteiger partial charge in [0.25, 0.3) is 0 Å². The summed E-state index contributed by atoms with van der Waals surface area (Å²) in [7, 11) is 0. The second-order valence-electron chi connectivity index (χ2n) is 4.97. The molecule has 0 heterocycles. The number of hydrogen-bond acceptors (Lipinski definition) is 2. The van der Waals surface area contributed by atoms with Gasteiger partial charge in [-0.2, -0.15) is 0 Å². The van der Waals surface area contributed by atoms with Gasteiger partial charge in [-0.3, -0.25) is 0 Å². The van der Waals surface area contributed by atoms with Gasteiger partial charge >= 0.3 is 0 Å². The molecule has 1 aliphatic carbocycles. The minimum absolute atomic E-state index is 0.104. The van der Waals surface area contributed by atoms with Gasteiger partial charge in [-0.25, -0.2) is 0 Å². The number of aliphatic hydroxyl groups is 1. The van der Waals surface area contributed by atoms with Crippen molar-refractivity contribution in [3.8, 4) is 0 Å². The zero-order valence-electron chi connectivity index (χ0n) is 10.2. The molecule has 0 radical (unpaired) electrons. The Hall–Kier alpha value is -0.0800. The second-order valence-corrected chi connectivity index (χ2v) is 4.97. The number of rotatable bonds is 5. The van der Waals surface area contributed by atoms with E-state index in [0.717, 1.165) is 25.9 Å². The first kappa shape index (κ1) is 13.0. The second kappa shape index (κ2) is 7.24. The maximum Gasteiger partial charge on any atom is 0.0834 e. The van der Waals surface area contributed by atoms with Crippen LogP contribution in [0.2, 0.25) is 0 Å². The Bertz CT molecular complexity index is 159. The van der Waals surface area contributed by atoms with Crippen molar-refractivity contribution in [1.82, 2.24) is 0 Å². The number of aliphatic hydroxyl groups excluding tert-OH is 1. The molecule has 1 rings (SSSR count). The lowest BCUT2D eigenvalue weighted by atomic mass is 10.1. The Labute approximate surface area is 94.0 Å². The highest BCUT2D eigenvalue weighted by Crippen LogP contribution is 2.21. The summed E-state index contributed by atoms with van der Waals surface area (Å²) in [5.74, 6) is 0.630. The van der Waals surface area contributed by atoms with Crippen LogP contribution < -0.4 is 0 Å². The van der Waals surface area contributed by atoms with Crippen LogP contribution in [0.4, 0.5) is 0 Å². The highest BCUT2D eigenvalue weighted by Gasteiger charge is 2.22. The molecule has 1 N–H and O–H groups in total. The summed E-state index contributed by atoms with van der Waals surface area (Å²) < 4.78 is 5.84. The standard InChI is InChI=1S/C13H26O2/c1-3-7-11(2)10-15-13-9-6-4-5-8-12(13)14/h11-14H,3-10H2,1-2H3. The Morgan fingerprint density at radius 2 is 2.00 bits per heavy atom. The molecule has 3 unspecified atom stereocenters. The van der Waals surface area contributed by atoms with E-state index in [1.807, 2.05) is 0 Å². The van der Waals surface area contributed by atoms with Crippen molar-refractivity contribution < 1.29 is 9.84 Å². The quantitative estimate of drug-likeness (QED) is 0.712. The molecule has 0 aromatic carbocycles. The summed E-state index contributed by atoms with van der Waals surface area (Å²) in [6.07, 6.45) is 7.91. The Morgan fingerprint density at radius 3 is 2.73 bits per heavy atom.